The summed E-state index contributed by atoms with van der Waals surface area (Å²) in [6, 6.07) is 13.3. The van der Waals surface area contributed by atoms with Gasteiger partial charge in [-0.2, -0.15) is 0 Å². The van der Waals surface area contributed by atoms with Crippen molar-refractivity contribution in [1.82, 2.24) is 5.43 Å². The normalized spacial score (nSPS) is 18.2. The molecule has 0 saturated carbocycles. The number of hydrogen-bond acceptors (Lipinski definition) is 2. The van der Waals surface area contributed by atoms with Crippen LogP contribution in [0.25, 0.3) is 0 Å². The Kier molecular flexibility index (Phi) is 3.87. The van der Waals surface area contributed by atoms with Gasteiger partial charge in [0.2, 0.25) is 0 Å². The Morgan fingerprint density at radius 3 is 2.80 bits per heavy atom. The highest BCUT2D eigenvalue weighted by molar-refractivity contribution is 9.10. The van der Waals surface area contributed by atoms with E-state index in [4.69, 9.17) is 5.84 Å². The number of hydrogen-bond donors (Lipinski definition) is 2. The third kappa shape index (κ3) is 2.64. The summed E-state index contributed by atoms with van der Waals surface area (Å²) in [4.78, 5) is 0. The Balaban J connectivity index is 1.79. The molecule has 1 aliphatic rings. The van der Waals surface area contributed by atoms with Gasteiger partial charge in [-0.25, -0.2) is 4.39 Å². The van der Waals surface area contributed by atoms with E-state index in [-0.39, 0.29) is 11.9 Å². The van der Waals surface area contributed by atoms with Gasteiger partial charge >= 0.3 is 0 Å². The van der Waals surface area contributed by atoms with Crippen molar-refractivity contribution in [1.29, 1.82) is 0 Å². The number of fused-ring (bicyclic) bond motifs is 1. The number of hydrazine groups is 1. The highest BCUT2D eigenvalue weighted by Gasteiger charge is 2.28. The second-order valence-electron chi connectivity index (χ2n) is 5.26. The van der Waals surface area contributed by atoms with Gasteiger partial charge in [-0.3, -0.25) is 11.3 Å². The van der Waals surface area contributed by atoms with Crippen molar-refractivity contribution in [3.05, 3.63) is 69.4 Å². The van der Waals surface area contributed by atoms with E-state index in [1.165, 1.54) is 17.2 Å². The van der Waals surface area contributed by atoms with Gasteiger partial charge in [-0.15, -0.1) is 0 Å². The highest BCUT2D eigenvalue weighted by Crippen LogP contribution is 2.40. The van der Waals surface area contributed by atoms with Crippen molar-refractivity contribution < 1.29 is 4.39 Å². The third-order valence-electron chi connectivity index (χ3n) is 3.97. The van der Waals surface area contributed by atoms with E-state index in [1.807, 2.05) is 6.07 Å². The van der Waals surface area contributed by atoms with Crippen LogP contribution in [-0.2, 0) is 6.42 Å². The van der Waals surface area contributed by atoms with Crippen LogP contribution in [0.1, 0.15) is 35.1 Å². The first-order chi connectivity index (χ1) is 9.67. The molecule has 20 heavy (non-hydrogen) atoms. The van der Waals surface area contributed by atoms with Gasteiger partial charge in [0.15, 0.2) is 0 Å². The summed E-state index contributed by atoms with van der Waals surface area (Å²) in [6.07, 6.45) is 1.95. The third-order valence-corrected chi connectivity index (χ3v) is 4.43. The van der Waals surface area contributed by atoms with Gasteiger partial charge in [-0.1, -0.05) is 40.2 Å². The van der Waals surface area contributed by atoms with Crippen LogP contribution < -0.4 is 11.3 Å². The molecule has 0 heterocycles. The fourth-order valence-electron chi connectivity index (χ4n) is 2.93. The predicted molar refractivity (Wildman–Crippen MR) is 81.7 cm³/mol. The van der Waals surface area contributed by atoms with E-state index >= 15 is 0 Å². The molecule has 0 bridgehead atoms. The first-order valence-corrected chi connectivity index (χ1v) is 7.46. The number of halogens is 2. The van der Waals surface area contributed by atoms with Gasteiger partial charge in [0.05, 0.1) is 0 Å². The van der Waals surface area contributed by atoms with E-state index in [1.54, 1.807) is 6.07 Å². The molecule has 3 rings (SSSR count). The number of benzene rings is 2. The Morgan fingerprint density at radius 2 is 2.10 bits per heavy atom. The molecule has 0 saturated heterocycles. The monoisotopic (exact) mass is 334 g/mol. The van der Waals surface area contributed by atoms with Crippen molar-refractivity contribution in [2.75, 3.05) is 0 Å². The molecule has 2 aromatic rings. The largest absolute Gasteiger partial charge is 0.271 e. The van der Waals surface area contributed by atoms with E-state index < -0.39 is 0 Å². The molecule has 1 aliphatic carbocycles. The number of nitrogens with two attached hydrogens (primary N) is 1. The molecule has 0 amide bonds. The first-order valence-electron chi connectivity index (χ1n) is 6.67. The molecular weight excluding hydrogens is 319 g/mol. The average molecular weight is 335 g/mol. The zero-order valence-electron chi connectivity index (χ0n) is 10.9. The standard InChI is InChI=1S/C16H16BrFN2/c17-13-6-12(7-14(18)9-13)16(20-19)8-11-5-10-3-1-2-4-15(10)11/h1-4,6-7,9,11,16,20H,5,8,19H2. The van der Waals surface area contributed by atoms with Gasteiger partial charge in [0, 0.05) is 10.5 Å². The summed E-state index contributed by atoms with van der Waals surface area (Å²) in [5, 5.41) is 0. The lowest BCUT2D eigenvalue weighted by atomic mass is 9.74. The summed E-state index contributed by atoms with van der Waals surface area (Å²) >= 11 is 3.32. The number of nitrogens with one attached hydrogen (secondary N) is 1. The quantitative estimate of drug-likeness (QED) is 0.658. The molecule has 2 aromatic carbocycles. The van der Waals surface area contributed by atoms with E-state index in [0.717, 1.165) is 22.9 Å². The summed E-state index contributed by atoms with van der Waals surface area (Å²) in [7, 11) is 0. The molecule has 2 atom stereocenters. The predicted octanol–water partition coefficient (Wildman–Crippen LogP) is 3.82. The van der Waals surface area contributed by atoms with E-state index in [2.05, 4.69) is 45.6 Å². The second kappa shape index (κ2) is 5.64. The molecule has 4 heteroatoms. The van der Waals surface area contributed by atoms with Crippen molar-refractivity contribution in [2.24, 2.45) is 5.84 Å². The maximum Gasteiger partial charge on any atom is 0.124 e. The molecular formula is C16H16BrFN2. The van der Waals surface area contributed by atoms with Crippen LogP contribution in [0, 0.1) is 5.82 Å². The Morgan fingerprint density at radius 1 is 1.30 bits per heavy atom. The van der Waals surface area contributed by atoms with Gasteiger partial charge < -0.3 is 0 Å². The summed E-state index contributed by atoms with van der Waals surface area (Å²) in [6.45, 7) is 0. The fourth-order valence-corrected chi connectivity index (χ4v) is 3.42. The van der Waals surface area contributed by atoms with Crippen LogP contribution >= 0.6 is 15.9 Å². The lowest BCUT2D eigenvalue weighted by Crippen LogP contribution is -2.31. The second-order valence-corrected chi connectivity index (χ2v) is 6.17. The first kappa shape index (κ1) is 13.7. The van der Waals surface area contributed by atoms with Crippen molar-refractivity contribution in [2.45, 2.75) is 24.8 Å². The fraction of sp³-hybridized carbons (Fsp3) is 0.250. The average Bonchev–Trinajstić information content (AvgIpc) is 2.39. The smallest absolute Gasteiger partial charge is 0.124 e. The maximum absolute atomic E-state index is 13.5. The van der Waals surface area contributed by atoms with Crippen molar-refractivity contribution >= 4 is 15.9 Å². The van der Waals surface area contributed by atoms with Crippen molar-refractivity contribution in [3.8, 4) is 0 Å². The summed E-state index contributed by atoms with van der Waals surface area (Å²) in [5.74, 6) is 5.91. The highest BCUT2D eigenvalue weighted by atomic mass is 79.9. The number of rotatable bonds is 4. The van der Waals surface area contributed by atoms with Gasteiger partial charge in [-0.05, 0) is 53.6 Å². The molecule has 0 aliphatic heterocycles. The van der Waals surface area contributed by atoms with E-state index in [0.29, 0.717) is 5.92 Å². The zero-order chi connectivity index (χ0) is 14.1. The molecule has 0 spiro atoms. The minimum Gasteiger partial charge on any atom is -0.271 e. The molecule has 104 valence electrons. The van der Waals surface area contributed by atoms with E-state index in [9.17, 15) is 4.39 Å². The molecule has 0 aromatic heterocycles. The topological polar surface area (TPSA) is 38.0 Å². The molecule has 0 radical (unpaired) electrons. The Hall–Kier alpha value is -1.23. The van der Waals surface area contributed by atoms with Crippen LogP contribution in [0.15, 0.2) is 46.9 Å². The zero-order valence-corrected chi connectivity index (χ0v) is 12.5. The molecule has 3 N–H and O–H groups in total. The minimum absolute atomic E-state index is 0.0413. The molecule has 2 nitrogen and oxygen atoms in total. The molecule has 2 unspecified atom stereocenters. The lowest BCUT2D eigenvalue weighted by molar-refractivity contribution is 0.433. The lowest BCUT2D eigenvalue weighted by Gasteiger charge is -2.33. The Labute approximate surface area is 126 Å². The SMILES string of the molecule is NNC(CC1Cc2ccccc21)c1cc(F)cc(Br)c1. The van der Waals surface area contributed by atoms with Gasteiger partial charge in [0.25, 0.3) is 0 Å². The van der Waals surface area contributed by atoms with Crippen LogP contribution in [0.5, 0.6) is 0 Å². The van der Waals surface area contributed by atoms with Gasteiger partial charge in [0.1, 0.15) is 5.82 Å². The van der Waals surface area contributed by atoms with Crippen molar-refractivity contribution in [3.63, 3.8) is 0 Å². The van der Waals surface area contributed by atoms with Crippen LogP contribution in [0.3, 0.4) is 0 Å². The Bertz CT molecular complexity index is 609. The maximum atomic E-state index is 13.5. The molecule has 0 fully saturated rings. The van der Waals surface area contributed by atoms with Crippen LogP contribution in [0.2, 0.25) is 0 Å². The summed E-state index contributed by atoms with van der Waals surface area (Å²) in [5.41, 5.74) is 6.50. The summed E-state index contributed by atoms with van der Waals surface area (Å²) < 4.78 is 14.2. The van der Waals surface area contributed by atoms with Crippen LogP contribution in [0.4, 0.5) is 4.39 Å². The van der Waals surface area contributed by atoms with Crippen LogP contribution in [-0.4, -0.2) is 0 Å². The minimum atomic E-state index is -0.247.